The van der Waals surface area contributed by atoms with E-state index in [4.69, 9.17) is 9.47 Å². The Morgan fingerprint density at radius 2 is 2.09 bits per heavy atom. The van der Waals surface area contributed by atoms with Gasteiger partial charge in [0.15, 0.2) is 17.9 Å². The average Bonchev–Trinajstić information content (AvgIpc) is 3.14. The first-order chi connectivity index (χ1) is 10.6. The van der Waals surface area contributed by atoms with Crippen molar-refractivity contribution in [2.24, 2.45) is 0 Å². The maximum Gasteiger partial charge on any atom is 0.408 e. The van der Waals surface area contributed by atoms with Gasteiger partial charge in [0.05, 0.1) is 11.1 Å². The van der Waals surface area contributed by atoms with Gasteiger partial charge in [0.2, 0.25) is 0 Å². The van der Waals surface area contributed by atoms with Gasteiger partial charge in [0, 0.05) is 4.47 Å². The quantitative estimate of drug-likeness (QED) is 0.779. The van der Waals surface area contributed by atoms with E-state index in [0.29, 0.717) is 23.6 Å². The molecule has 23 heavy (non-hydrogen) atoms. The zero-order chi connectivity index (χ0) is 17.3. The van der Waals surface area contributed by atoms with Crippen LogP contribution in [0.1, 0.15) is 44.0 Å². The number of amides is 1. The van der Waals surface area contributed by atoms with Crippen LogP contribution in [0.15, 0.2) is 16.6 Å². The van der Waals surface area contributed by atoms with Crippen molar-refractivity contribution in [1.29, 1.82) is 0 Å². The first-order valence-corrected chi connectivity index (χ1v) is 8.02. The van der Waals surface area contributed by atoms with Crippen LogP contribution in [0, 0.1) is 5.82 Å². The SMILES string of the molecule is CC(C)(C)OC(=O)NC1(COc2c(F)cc(Br)cc2C=O)CC1. The third kappa shape index (κ3) is 4.92. The molecule has 0 aliphatic heterocycles. The topological polar surface area (TPSA) is 64.6 Å². The Morgan fingerprint density at radius 3 is 2.61 bits per heavy atom. The second-order valence-corrected chi connectivity index (χ2v) is 7.54. The second kappa shape index (κ2) is 6.47. The van der Waals surface area contributed by atoms with Crippen LogP contribution in [-0.4, -0.2) is 30.1 Å². The van der Waals surface area contributed by atoms with Crippen LogP contribution in [0.2, 0.25) is 0 Å². The van der Waals surface area contributed by atoms with E-state index in [9.17, 15) is 14.0 Å². The standard InChI is InChI=1S/C16H19BrFNO4/c1-15(2,3)23-14(21)19-16(4-5-16)9-22-13-10(8-20)6-11(17)7-12(13)18/h6-8H,4-5,9H2,1-3H3,(H,19,21). The highest BCUT2D eigenvalue weighted by Crippen LogP contribution is 2.37. The van der Waals surface area contributed by atoms with Crippen molar-refractivity contribution >= 4 is 28.3 Å². The number of benzene rings is 1. The van der Waals surface area contributed by atoms with Crippen molar-refractivity contribution in [1.82, 2.24) is 5.32 Å². The van der Waals surface area contributed by atoms with Gasteiger partial charge in [-0.2, -0.15) is 0 Å². The molecule has 1 aliphatic carbocycles. The Labute approximate surface area is 142 Å². The van der Waals surface area contributed by atoms with E-state index in [0.717, 1.165) is 0 Å². The second-order valence-electron chi connectivity index (χ2n) is 6.62. The minimum absolute atomic E-state index is 0.0750. The van der Waals surface area contributed by atoms with Crippen molar-refractivity contribution in [3.63, 3.8) is 0 Å². The van der Waals surface area contributed by atoms with E-state index in [-0.39, 0.29) is 17.9 Å². The van der Waals surface area contributed by atoms with Crippen LogP contribution >= 0.6 is 15.9 Å². The Morgan fingerprint density at radius 1 is 1.43 bits per heavy atom. The molecule has 0 spiro atoms. The fourth-order valence-corrected chi connectivity index (χ4v) is 2.45. The number of ether oxygens (including phenoxy) is 2. The molecule has 1 saturated carbocycles. The number of hydrogen-bond donors (Lipinski definition) is 1. The molecule has 0 radical (unpaired) electrons. The van der Waals surface area contributed by atoms with Gasteiger partial charge >= 0.3 is 6.09 Å². The molecule has 126 valence electrons. The molecule has 1 N–H and O–H groups in total. The Balaban J connectivity index is 2.01. The summed E-state index contributed by atoms with van der Waals surface area (Å²) in [6.07, 6.45) is 1.41. The van der Waals surface area contributed by atoms with Crippen molar-refractivity contribution in [2.45, 2.75) is 44.8 Å². The molecule has 1 aliphatic rings. The largest absolute Gasteiger partial charge is 0.487 e. The lowest BCUT2D eigenvalue weighted by molar-refractivity contribution is 0.0476. The lowest BCUT2D eigenvalue weighted by Crippen LogP contribution is -2.44. The minimum Gasteiger partial charge on any atom is -0.487 e. The average molecular weight is 388 g/mol. The van der Waals surface area contributed by atoms with Gasteiger partial charge < -0.3 is 14.8 Å². The van der Waals surface area contributed by atoms with Crippen LogP contribution in [0.4, 0.5) is 9.18 Å². The van der Waals surface area contributed by atoms with Gasteiger partial charge in [-0.15, -0.1) is 0 Å². The minimum atomic E-state index is -0.630. The highest BCUT2D eigenvalue weighted by molar-refractivity contribution is 9.10. The van der Waals surface area contributed by atoms with Gasteiger partial charge in [-0.05, 0) is 45.7 Å². The van der Waals surface area contributed by atoms with Crippen molar-refractivity contribution in [3.05, 3.63) is 28.0 Å². The molecule has 1 amide bonds. The lowest BCUT2D eigenvalue weighted by Gasteiger charge is -2.23. The summed E-state index contributed by atoms with van der Waals surface area (Å²) in [5.74, 6) is -0.741. The van der Waals surface area contributed by atoms with Gasteiger partial charge in [-0.1, -0.05) is 15.9 Å². The smallest absolute Gasteiger partial charge is 0.408 e. The van der Waals surface area contributed by atoms with Gasteiger partial charge in [0.1, 0.15) is 12.2 Å². The maximum atomic E-state index is 14.0. The molecule has 0 heterocycles. The van der Waals surface area contributed by atoms with Crippen LogP contribution in [0.25, 0.3) is 0 Å². The maximum absolute atomic E-state index is 14.0. The van der Waals surface area contributed by atoms with Gasteiger partial charge in [-0.3, -0.25) is 4.79 Å². The first-order valence-electron chi connectivity index (χ1n) is 7.22. The summed E-state index contributed by atoms with van der Waals surface area (Å²) in [4.78, 5) is 22.9. The van der Waals surface area contributed by atoms with E-state index in [1.165, 1.54) is 12.1 Å². The lowest BCUT2D eigenvalue weighted by atomic mass is 10.2. The summed E-state index contributed by atoms with van der Waals surface area (Å²) in [6, 6.07) is 2.70. The number of halogens is 2. The van der Waals surface area contributed by atoms with Crippen LogP contribution in [-0.2, 0) is 4.74 Å². The fraction of sp³-hybridized carbons (Fsp3) is 0.500. The molecule has 0 saturated heterocycles. The first kappa shape index (κ1) is 17.7. The van der Waals surface area contributed by atoms with E-state index >= 15 is 0 Å². The zero-order valence-electron chi connectivity index (χ0n) is 13.2. The molecule has 1 aromatic carbocycles. The van der Waals surface area contributed by atoms with Crippen molar-refractivity contribution < 1.29 is 23.5 Å². The van der Waals surface area contributed by atoms with Crippen molar-refractivity contribution in [3.8, 4) is 5.75 Å². The molecule has 5 nitrogen and oxygen atoms in total. The normalized spacial score (nSPS) is 15.7. The summed E-state index contributed by atoms with van der Waals surface area (Å²) in [5.41, 5.74) is -1.05. The molecule has 0 bridgehead atoms. The summed E-state index contributed by atoms with van der Waals surface area (Å²) in [5, 5.41) is 2.76. The molecule has 1 fully saturated rings. The summed E-state index contributed by atoms with van der Waals surface area (Å²) < 4.78 is 25.1. The number of alkyl carbamates (subject to hydrolysis) is 1. The monoisotopic (exact) mass is 387 g/mol. The highest BCUT2D eigenvalue weighted by Gasteiger charge is 2.46. The van der Waals surface area contributed by atoms with E-state index in [1.54, 1.807) is 20.8 Å². The van der Waals surface area contributed by atoms with E-state index in [2.05, 4.69) is 21.2 Å². The molecule has 7 heteroatoms. The Kier molecular flexibility index (Phi) is 4.98. The van der Waals surface area contributed by atoms with E-state index in [1.807, 2.05) is 0 Å². The highest BCUT2D eigenvalue weighted by atomic mass is 79.9. The van der Waals surface area contributed by atoms with Crippen molar-refractivity contribution in [2.75, 3.05) is 6.61 Å². The molecule has 1 aromatic rings. The third-order valence-electron chi connectivity index (χ3n) is 3.28. The van der Waals surface area contributed by atoms with Crippen LogP contribution in [0.5, 0.6) is 5.75 Å². The Hall–Kier alpha value is -1.63. The number of aldehydes is 1. The van der Waals surface area contributed by atoms with E-state index < -0.39 is 23.1 Å². The molecular formula is C16H19BrFNO4. The third-order valence-corrected chi connectivity index (χ3v) is 3.73. The Bertz CT molecular complexity index is 623. The number of nitrogens with one attached hydrogen (secondary N) is 1. The number of hydrogen-bond acceptors (Lipinski definition) is 4. The predicted molar refractivity (Wildman–Crippen MR) is 86.3 cm³/mol. The zero-order valence-corrected chi connectivity index (χ0v) is 14.8. The van der Waals surface area contributed by atoms with Crippen LogP contribution in [0.3, 0.4) is 0 Å². The van der Waals surface area contributed by atoms with Gasteiger partial charge in [0.25, 0.3) is 0 Å². The van der Waals surface area contributed by atoms with Gasteiger partial charge in [-0.25, -0.2) is 9.18 Å². The molecular weight excluding hydrogens is 369 g/mol. The molecule has 2 rings (SSSR count). The summed E-state index contributed by atoms with van der Waals surface area (Å²) in [7, 11) is 0. The molecule has 0 atom stereocenters. The molecule has 0 unspecified atom stereocenters. The predicted octanol–water partition coefficient (Wildman–Crippen LogP) is 3.84. The van der Waals surface area contributed by atoms with Crippen LogP contribution < -0.4 is 10.1 Å². The fourth-order valence-electron chi connectivity index (χ4n) is 2.01. The summed E-state index contributed by atoms with van der Waals surface area (Å²) in [6.45, 7) is 5.40. The number of carbonyl (C=O) groups is 2. The number of carbonyl (C=O) groups excluding carboxylic acids is 2. The summed E-state index contributed by atoms with van der Waals surface area (Å²) >= 11 is 3.12. The number of rotatable bonds is 5. The molecule has 0 aromatic heterocycles.